The first-order valence-corrected chi connectivity index (χ1v) is 6.33. The summed E-state index contributed by atoms with van der Waals surface area (Å²) >= 11 is 0. The Hall–Kier alpha value is -1.63. The van der Waals surface area contributed by atoms with Gasteiger partial charge < -0.3 is 16.0 Å². The maximum absolute atomic E-state index is 11.6. The first-order chi connectivity index (χ1) is 8.66. The highest BCUT2D eigenvalue weighted by atomic mass is 16.2. The van der Waals surface area contributed by atoms with Gasteiger partial charge in [-0.05, 0) is 19.9 Å². The molecule has 0 spiro atoms. The van der Waals surface area contributed by atoms with Crippen LogP contribution in [0.2, 0.25) is 0 Å². The largest absolute Gasteiger partial charge is 0.366 e. The van der Waals surface area contributed by atoms with Crippen LogP contribution in [0.3, 0.4) is 0 Å². The molecule has 7 heteroatoms. The van der Waals surface area contributed by atoms with Crippen molar-refractivity contribution in [2.75, 3.05) is 25.9 Å². The van der Waals surface area contributed by atoms with Crippen LogP contribution in [0.5, 0.6) is 0 Å². The number of aromatic nitrogens is 3. The van der Waals surface area contributed by atoms with Crippen molar-refractivity contribution >= 4 is 11.9 Å². The quantitative estimate of drug-likeness (QED) is 0.684. The number of amides is 1. The van der Waals surface area contributed by atoms with Crippen LogP contribution in [-0.4, -0.2) is 52.2 Å². The second kappa shape index (κ2) is 5.81. The zero-order chi connectivity index (χ0) is 13.0. The number of H-pyrrole nitrogens is 1. The molecule has 0 radical (unpaired) electrons. The molecule has 0 aromatic carbocycles. The predicted octanol–water partition coefficient (Wildman–Crippen LogP) is -0.00890. The number of hydrogen-bond donors (Lipinski definition) is 3. The highest BCUT2D eigenvalue weighted by molar-refractivity contribution is 5.90. The van der Waals surface area contributed by atoms with E-state index in [0.717, 1.165) is 6.54 Å². The second-order valence-corrected chi connectivity index (χ2v) is 4.72. The molecule has 2 rings (SSSR count). The summed E-state index contributed by atoms with van der Waals surface area (Å²) < 4.78 is 0. The minimum absolute atomic E-state index is 0.0863. The lowest BCUT2D eigenvalue weighted by molar-refractivity contribution is 0.0937. The van der Waals surface area contributed by atoms with Gasteiger partial charge in [0.15, 0.2) is 0 Å². The van der Waals surface area contributed by atoms with Crippen LogP contribution in [0.1, 0.15) is 36.3 Å². The molecular formula is C11H20N6O. The first-order valence-electron chi connectivity index (χ1n) is 6.33. The van der Waals surface area contributed by atoms with Crippen molar-refractivity contribution in [2.45, 2.75) is 31.7 Å². The summed E-state index contributed by atoms with van der Waals surface area (Å²) in [6.07, 6.45) is 5.17. The third-order valence-corrected chi connectivity index (χ3v) is 3.42. The summed E-state index contributed by atoms with van der Waals surface area (Å²) in [6, 6.07) is 0.669. The third kappa shape index (κ3) is 3.19. The van der Waals surface area contributed by atoms with E-state index in [4.69, 9.17) is 5.73 Å². The standard InChI is InChI=1S/C11H20N6O/c1-17(8-4-2-3-5-8)7-6-13-10(18)9-14-11(12)16-15-9/h8H,2-7H2,1H3,(H,13,18)(H3,12,14,15,16). The van der Waals surface area contributed by atoms with Crippen LogP contribution >= 0.6 is 0 Å². The number of nitrogens with one attached hydrogen (secondary N) is 2. The molecule has 7 nitrogen and oxygen atoms in total. The summed E-state index contributed by atoms with van der Waals surface area (Å²) in [5.41, 5.74) is 5.33. The van der Waals surface area contributed by atoms with Crippen molar-refractivity contribution in [2.24, 2.45) is 0 Å². The lowest BCUT2D eigenvalue weighted by Gasteiger charge is -2.23. The predicted molar refractivity (Wildman–Crippen MR) is 68.0 cm³/mol. The van der Waals surface area contributed by atoms with E-state index in [1.54, 1.807) is 0 Å². The number of nitrogens with two attached hydrogens (primary N) is 1. The van der Waals surface area contributed by atoms with Crippen LogP contribution in [0.25, 0.3) is 0 Å². The molecule has 1 aliphatic carbocycles. The monoisotopic (exact) mass is 252 g/mol. The van der Waals surface area contributed by atoms with E-state index < -0.39 is 0 Å². The molecule has 1 amide bonds. The van der Waals surface area contributed by atoms with Gasteiger partial charge in [0.25, 0.3) is 5.91 Å². The van der Waals surface area contributed by atoms with Gasteiger partial charge in [0.1, 0.15) is 0 Å². The Morgan fingerprint density at radius 3 is 2.89 bits per heavy atom. The van der Waals surface area contributed by atoms with Crippen LogP contribution < -0.4 is 11.1 Å². The Bertz CT molecular complexity index is 398. The van der Waals surface area contributed by atoms with Gasteiger partial charge >= 0.3 is 0 Å². The number of carbonyl (C=O) groups excluding carboxylic acids is 1. The fourth-order valence-electron chi connectivity index (χ4n) is 2.33. The van der Waals surface area contributed by atoms with E-state index >= 15 is 0 Å². The Kier molecular flexibility index (Phi) is 4.14. The minimum Gasteiger partial charge on any atom is -0.366 e. The topological polar surface area (TPSA) is 99.9 Å². The average Bonchev–Trinajstić information content (AvgIpc) is 2.99. The minimum atomic E-state index is -0.265. The summed E-state index contributed by atoms with van der Waals surface area (Å²) in [7, 11) is 2.11. The van der Waals surface area contributed by atoms with Crippen molar-refractivity contribution in [3.63, 3.8) is 0 Å². The van der Waals surface area contributed by atoms with Gasteiger partial charge in [-0.2, -0.15) is 4.98 Å². The number of likely N-dealkylation sites (N-methyl/N-ethyl adjacent to an activating group) is 1. The van der Waals surface area contributed by atoms with E-state index in [-0.39, 0.29) is 17.7 Å². The zero-order valence-electron chi connectivity index (χ0n) is 10.6. The summed E-state index contributed by atoms with van der Waals surface area (Å²) in [5, 5.41) is 8.90. The molecule has 1 fully saturated rings. The summed E-state index contributed by atoms with van der Waals surface area (Å²) in [5.74, 6) is -0.0155. The van der Waals surface area contributed by atoms with Gasteiger partial charge in [-0.1, -0.05) is 12.8 Å². The van der Waals surface area contributed by atoms with Gasteiger partial charge in [-0.15, -0.1) is 5.10 Å². The maximum atomic E-state index is 11.6. The number of hydrogen-bond acceptors (Lipinski definition) is 5. The Morgan fingerprint density at radius 2 is 2.28 bits per heavy atom. The third-order valence-electron chi connectivity index (χ3n) is 3.42. The number of aromatic amines is 1. The van der Waals surface area contributed by atoms with Gasteiger partial charge in [-0.25, -0.2) is 0 Å². The van der Waals surface area contributed by atoms with Crippen molar-refractivity contribution in [1.29, 1.82) is 0 Å². The fraction of sp³-hybridized carbons (Fsp3) is 0.727. The number of anilines is 1. The van der Waals surface area contributed by atoms with Gasteiger partial charge in [0.05, 0.1) is 0 Å². The number of nitrogen functional groups attached to an aromatic ring is 1. The molecule has 4 N–H and O–H groups in total. The molecule has 0 unspecified atom stereocenters. The zero-order valence-corrected chi connectivity index (χ0v) is 10.6. The molecule has 1 aromatic heterocycles. The normalized spacial score (nSPS) is 16.3. The molecule has 0 atom stereocenters. The maximum Gasteiger partial charge on any atom is 0.288 e. The molecule has 18 heavy (non-hydrogen) atoms. The van der Waals surface area contributed by atoms with Gasteiger partial charge in [0, 0.05) is 19.1 Å². The van der Waals surface area contributed by atoms with Crippen LogP contribution in [0.15, 0.2) is 0 Å². The van der Waals surface area contributed by atoms with E-state index in [0.29, 0.717) is 12.6 Å². The van der Waals surface area contributed by atoms with E-state index in [1.165, 1.54) is 25.7 Å². The highest BCUT2D eigenvalue weighted by Gasteiger charge is 2.19. The Labute approximate surface area is 106 Å². The van der Waals surface area contributed by atoms with Crippen molar-refractivity contribution in [1.82, 2.24) is 25.4 Å². The average molecular weight is 252 g/mol. The summed E-state index contributed by atoms with van der Waals surface area (Å²) in [4.78, 5) is 17.7. The van der Waals surface area contributed by atoms with Crippen LogP contribution in [0.4, 0.5) is 5.95 Å². The molecular weight excluding hydrogens is 232 g/mol. The van der Waals surface area contributed by atoms with Gasteiger partial charge in [-0.3, -0.25) is 9.89 Å². The Balaban J connectivity index is 1.70. The Morgan fingerprint density at radius 1 is 1.56 bits per heavy atom. The number of carbonyl (C=O) groups is 1. The van der Waals surface area contributed by atoms with Crippen LogP contribution in [-0.2, 0) is 0 Å². The van der Waals surface area contributed by atoms with Crippen molar-refractivity contribution < 1.29 is 4.79 Å². The first kappa shape index (κ1) is 12.8. The lowest BCUT2D eigenvalue weighted by atomic mass is 10.2. The molecule has 1 aromatic rings. The van der Waals surface area contributed by atoms with E-state index in [1.807, 2.05) is 0 Å². The lowest BCUT2D eigenvalue weighted by Crippen LogP contribution is -2.37. The van der Waals surface area contributed by atoms with Crippen molar-refractivity contribution in [3.05, 3.63) is 5.82 Å². The molecule has 1 aliphatic rings. The number of nitrogens with zero attached hydrogens (tertiary/aromatic N) is 3. The molecule has 1 heterocycles. The summed E-state index contributed by atoms with van der Waals surface area (Å²) in [6.45, 7) is 1.45. The van der Waals surface area contributed by atoms with Crippen LogP contribution in [0, 0.1) is 0 Å². The molecule has 100 valence electrons. The molecule has 0 bridgehead atoms. The van der Waals surface area contributed by atoms with E-state index in [2.05, 4.69) is 32.4 Å². The SMILES string of the molecule is CN(CCNC(=O)c1nc(N)n[nH]1)C1CCCC1. The molecule has 1 saturated carbocycles. The number of rotatable bonds is 5. The fourth-order valence-corrected chi connectivity index (χ4v) is 2.33. The second-order valence-electron chi connectivity index (χ2n) is 4.72. The highest BCUT2D eigenvalue weighted by Crippen LogP contribution is 2.21. The smallest absolute Gasteiger partial charge is 0.288 e. The van der Waals surface area contributed by atoms with Crippen molar-refractivity contribution in [3.8, 4) is 0 Å². The molecule has 0 aliphatic heterocycles. The van der Waals surface area contributed by atoms with Gasteiger partial charge in [0.2, 0.25) is 11.8 Å². The van der Waals surface area contributed by atoms with E-state index in [9.17, 15) is 4.79 Å². The molecule has 0 saturated heterocycles.